The van der Waals surface area contributed by atoms with E-state index < -0.39 is 0 Å². The lowest BCUT2D eigenvalue weighted by Crippen LogP contribution is -2.49. The molecule has 0 aromatic carbocycles. The zero-order valence-corrected chi connectivity index (χ0v) is 14.1. The van der Waals surface area contributed by atoms with Crippen molar-refractivity contribution in [3.8, 4) is 0 Å². The van der Waals surface area contributed by atoms with Gasteiger partial charge in [0.05, 0.1) is 24.1 Å². The van der Waals surface area contributed by atoms with Crippen LogP contribution < -0.4 is 0 Å². The Morgan fingerprint density at radius 3 is 3.04 bits per heavy atom. The van der Waals surface area contributed by atoms with Crippen LogP contribution in [-0.2, 0) is 4.74 Å². The highest BCUT2D eigenvalue weighted by molar-refractivity contribution is 7.12. The summed E-state index contributed by atoms with van der Waals surface area (Å²) in [7, 11) is 0. The molecule has 1 aliphatic carbocycles. The smallest absolute Gasteiger partial charge is 0.274 e. The van der Waals surface area contributed by atoms with Crippen LogP contribution in [0.3, 0.4) is 0 Å². The highest BCUT2D eigenvalue weighted by Crippen LogP contribution is 2.39. The van der Waals surface area contributed by atoms with Crippen LogP contribution in [0.2, 0.25) is 0 Å². The molecule has 7 heteroatoms. The molecule has 0 bridgehead atoms. The highest BCUT2D eigenvalue weighted by atomic mass is 32.1. The molecule has 24 heavy (non-hydrogen) atoms. The monoisotopic (exact) mass is 345 g/mol. The van der Waals surface area contributed by atoms with E-state index in [2.05, 4.69) is 10.2 Å². The second kappa shape index (κ2) is 6.49. The SMILES string of the molecule is O=C(C[C@H]1COCCN1C(=O)c1cc(C2CC2)[nH]n1)c1cccs1. The second-order valence-corrected chi connectivity index (χ2v) is 7.26. The normalized spacial score (nSPS) is 21.0. The molecule has 1 saturated heterocycles. The number of hydrogen-bond acceptors (Lipinski definition) is 5. The Morgan fingerprint density at radius 2 is 2.29 bits per heavy atom. The minimum absolute atomic E-state index is 0.0546. The van der Waals surface area contributed by atoms with E-state index in [0.717, 1.165) is 23.4 Å². The van der Waals surface area contributed by atoms with Crippen molar-refractivity contribution in [2.24, 2.45) is 0 Å². The van der Waals surface area contributed by atoms with Crippen molar-refractivity contribution in [2.75, 3.05) is 19.8 Å². The van der Waals surface area contributed by atoms with Crippen LogP contribution in [0.5, 0.6) is 0 Å². The summed E-state index contributed by atoms with van der Waals surface area (Å²) in [6.07, 6.45) is 2.60. The average Bonchev–Trinajstić information content (AvgIpc) is 3.12. The lowest BCUT2D eigenvalue weighted by Gasteiger charge is -2.34. The molecule has 1 saturated carbocycles. The number of morpholine rings is 1. The summed E-state index contributed by atoms with van der Waals surface area (Å²) in [6.45, 7) is 1.38. The van der Waals surface area contributed by atoms with Crippen molar-refractivity contribution in [3.63, 3.8) is 0 Å². The summed E-state index contributed by atoms with van der Waals surface area (Å²) in [4.78, 5) is 27.7. The maximum absolute atomic E-state index is 12.8. The topological polar surface area (TPSA) is 75.3 Å². The maximum atomic E-state index is 12.8. The molecule has 6 nitrogen and oxygen atoms in total. The lowest BCUT2D eigenvalue weighted by molar-refractivity contribution is -0.00307. The number of H-pyrrole nitrogens is 1. The number of ether oxygens (including phenoxy) is 1. The summed E-state index contributed by atoms with van der Waals surface area (Å²) in [5.74, 6) is 0.462. The van der Waals surface area contributed by atoms with Crippen molar-refractivity contribution in [2.45, 2.75) is 31.2 Å². The third-order valence-corrected chi connectivity index (χ3v) is 5.45. The van der Waals surface area contributed by atoms with Crippen molar-refractivity contribution in [1.29, 1.82) is 0 Å². The molecule has 1 N–H and O–H groups in total. The standard InChI is InChI=1S/C17H19N3O3S/c21-15(16-2-1-7-24-16)8-12-10-23-6-5-20(12)17(22)14-9-13(18-19-14)11-3-4-11/h1-2,7,9,11-12H,3-6,8,10H2,(H,18,19)/t12-/m0/s1. The Morgan fingerprint density at radius 1 is 1.42 bits per heavy atom. The summed E-state index contributed by atoms with van der Waals surface area (Å²) < 4.78 is 5.50. The summed E-state index contributed by atoms with van der Waals surface area (Å²) >= 11 is 1.43. The number of rotatable bonds is 5. The summed E-state index contributed by atoms with van der Waals surface area (Å²) in [6, 6.07) is 5.30. The van der Waals surface area contributed by atoms with Gasteiger partial charge in [-0.05, 0) is 30.4 Å². The Balaban J connectivity index is 1.48. The molecule has 0 radical (unpaired) electrons. The minimum atomic E-state index is -0.234. The minimum Gasteiger partial charge on any atom is -0.377 e. The van der Waals surface area contributed by atoms with Crippen molar-refractivity contribution < 1.29 is 14.3 Å². The van der Waals surface area contributed by atoms with Crippen molar-refractivity contribution in [1.82, 2.24) is 15.1 Å². The Hall–Kier alpha value is -1.99. The van der Waals surface area contributed by atoms with E-state index >= 15 is 0 Å². The molecule has 2 fully saturated rings. The number of hydrogen-bond donors (Lipinski definition) is 1. The largest absolute Gasteiger partial charge is 0.377 e. The van der Waals surface area contributed by atoms with E-state index in [9.17, 15) is 9.59 Å². The molecule has 1 atom stereocenters. The first-order valence-corrected chi connectivity index (χ1v) is 9.11. The van der Waals surface area contributed by atoms with Crippen LogP contribution in [0.25, 0.3) is 0 Å². The van der Waals surface area contributed by atoms with E-state index in [0.29, 0.717) is 31.4 Å². The molecular formula is C17H19N3O3S. The molecular weight excluding hydrogens is 326 g/mol. The summed E-state index contributed by atoms with van der Waals surface area (Å²) in [5, 5.41) is 9.03. The van der Waals surface area contributed by atoms with Crippen LogP contribution >= 0.6 is 11.3 Å². The van der Waals surface area contributed by atoms with Gasteiger partial charge in [-0.25, -0.2) is 0 Å². The average molecular weight is 345 g/mol. The molecule has 4 rings (SSSR count). The number of carbonyl (C=O) groups excluding carboxylic acids is 2. The molecule has 0 unspecified atom stereocenters. The molecule has 0 spiro atoms. The van der Waals surface area contributed by atoms with Gasteiger partial charge >= 0.3 is 0 Å². The molecule has 126 valence electrons. The zero-order chi connectivity index (χ0) is 16.5. The fourth-order valence-corrected chi connectivity index (χ4v) is 3.72. The van der Waals surface area contributed by atoms with Crippen LogP contribution in [0.1, 0.15) is 51.0 Å². The third-order valence-electron chi connectivity index (χ3n) is 4.54. The van der Waals surface area contributed by atoms with Gasteiger partial charge in [-0.1, -0.05) is 6.07 Å². The van der Waals surface area contributed by atoms with Gasteiger partial charge in [0, 0.05) is 24.6 Å². The van der Waals surface area contributed by atoms with Crippen molar-refractivity contribution in [3.05, 3.63) is 39.8 Å². The number of nitrogens with one attached hydrogen (secondary N) is 1. The van der Waals surface area contributed by atoms with E-state index in [1.54, 1.807) is 4.90 Å². The van der Waals surface area contributed by atoms with Gasteiger partial charge in [0.2, 0.25) is 0 Å². The number of amides is 1. The fraction of sp³-hybridized carbons (Fsp3) is 0.471. The molecule has 2 aromatic heterocycles. The van der Waals surface area contributed by atoms with Gasteiger partial charge in [0.1, 0.15) is 5.69 Å². The van der Waals surface area contributed by atoms with Crippen LogP contribution in [0.4, 0.5) is 0 Å². The zero-order valence-electron chi connectivity index (χ0n) is 13.2. The summed E-state index contributed by atoms with van der Waals surface area (Å²) in [5.41, 5.74) is 1.48. The Bertz CT molecular complexity index is 736. The first kappa shape index (κ1) is 15.5. The maximum Gasteiger partial charge on any atom is 0.274 e. The number of thiophene rings is 1. The van der Waals surface area contributed by atoms with Gasteiger partial charge in [0.25, 0.3) is 5.91 Å². The number of ketones is 1. The molecule has 1 aliphatic heterocycles. The quantitative estimate of drug-likeness (QED) is 0.845. The number of Topliss-reactive ketones (excluding diaryl/α,β-unsaturated/α-hetero) is 1. The van der Waals surface area contributed by atoms with Crippen LogP contribution in [0.15, 0.2) is 23.6 Å². The van der Waals surface area contributed by atoms with Gasteiger partial charge in [-0.15, -0.1) is 11.3 Å². The van der Waals surface area contributed by atoms with E-state index in [1.165, 1.54) is 11.3 Å². The van der Waals surface area contributed by atoms with Gasteiger partial charge in [-0.2, -0.15) is 5.10 Å². The van der Waals surface area contributed by atoms with Gasteiger partial charge < -0.3 is 9.64 Å². The first-order valence-electron chi connectivity index (χ1n) is 8.23. The van der Waals surface area contributed by atoms with Crippen LogP contribution in [0, 0.1) is 0 Å². The Labute approximate surface area is 143 Å². The fourth-order valence-electron chi connectivity index (χ4n) is 3.04. The number of carbonyl (C=O) groups is 2. The predicted molar refractivity (Wildman–Crippen MR) is 89.5 cm³/mol. The lowest BCUT2D eigenvalue weighted by atomic mass is 10.1. The molecule has 3 heterocycles. The number of aromatic amines is 1. The number of aromatic nitrogens is 2. The number of nitrogens with zero attached hydrogens (tertiary/aromatic N) is 2. The Kier molecular flexibility index (Phi) is 4.20. The third kappa shape index (κ3) is 3.14. The van der Waals surface area contributed by atoms with E-state index in [1.807, 2.05) is 23.6 Å². The second-order valence-electron chi connectivity index (χ2n) is 6.31. The predicted octanol–water partition coefficient (Wildman–Crippen LogP) is 2.46. The molecule has 2 aliphatic rings. The molecule has 2 aromatic rings. The van der Waals surface area contributed by atoms with E-state index in [4.69, 9.17) is 4.74 Å². The van der Waals surface area contributed by atoms with Gasteiger partial charge in [-0.3, -0.25) is 14.7 Å². The first-order chi connectivity index (χ1) is 11.7. The molecule has 1 amide bonds. The van der Waals surface area contributed by atoms with Gasteiger partial charge in [0.15, 0.2) is 5.78 Å². The highest BCUT2D eigenvalue weighted by Gasteiger charge is 2.33. The van der Waals surface area contributed by atoms with Crippen LogP contribution in [-0.4, -0.2) is 52.6 Å². The van der Waals surface area contributed by atoms with Crippen molar-refractivity contribution >= 4 is 23.0 Å². The van der Waals surface area contributed by atoms with E-state index in [-0.39, 0.29) is 24.2 Å².